The first kappa shape index (κ1) is 29.3. The lowest BCUT2D eigenvalue weighted by atomic mass is 10.1. The number of rotatable bonds is 19. The van der Waals surface area contributed by atoms with Gasteiger partial charge in [0.05, 0.1) is 6.61 Å². The van der Waals surface area contributed by atoms with Crippen molar-refractivity contribution in [3.8, 4) is 0 Å². The molecule has 33 heavy (non-hydrogen) atoms. The molecule has 5 nitrogen and oxygen atoms in total. The quantitative estimate of drug-likeness (QED) is 0.183. The van der Waals surface area contributed by atoms with Crippen LogP contribution in [0.1, 0.15) is 84.0 Å². The van der Waals surface area contributed by atoms with E-state index in [2.05, 4.69) is 60.8 Å². The second-order valence-corrected chi connectivity index (χ2v) is 8.61. The molecule has 0 bridgehead atoms. The smallest absolute Gasteiger partial charge is 0.220 e. The van der Waals surface area contributed by atoms with Crippen LogP contribution in [-0.2, 0) is 14.3 Å². The Kier molecular flexibility index (Phi) is 19.7. The van der Waals surface area contributed by atoms with Crippen molar-refractivity contribution in [2.24, 2.45) is 5.92 Å². The summed E-state index contributed by atoms with van der Waals surface area (Å²) in [6.45, 7) is 4.24. The average Bonchev–Trinajstić information content (AvgIpc) is 2.83. The normalized spacial score (nSPS) is 18.2. The summed E-state index contributed by atoms with van der Waals surface area (Å²) in [4.78, 5) is 11.4. The van der Waals surface area contributed by atoms with Gasteiger partial charge in [-0.1, -0.05) is 62.0 Å². The van der Waals surface area contributed by atoms with E-state index in [1.165, 1.54) is 25.7 Å². The Labute approximate surface area is 202 Å². The summed E-state index contributed by atoms with van der Waals surface area (Å²) in [5.74, 6) is 0.485. The van der Waals surface area contributed by atoms with Crippen LogP contribution in [0.3, 0.4) is 0 Å². The van der Waals surface area contributed by atoms with Gasteiger partial charge in [-0.2, -0.15) is 0 Å². The van der Waals surface area contributed by atoms with Crippen LogP contribution in [0.15, 0.2) is 48.6 Å². The molecule has 0 saturated carbocycles. The molecular weight excluding hydrogens is 414 g/mol. The monoisotopic (exact) mass is 461 g/mol. The molecule has 0 aromatic carbocycles. The number of hydrogen-bond acceptors (Lipinski definition) is 4. The first-order chi connectivity index (χ1) is 16.2. The molecular formula is C28H47NO4. The number of ether oxygens (including phenoxy) is 2. The maximum Gasteiger partial charge on any atom is 0.220 e. The highest BCUT2D eigenvalue weighted by atomic mass is 16.7. The van der Waals surface area contributed by atoms with Crippen LogP contribution in [0.2, 0.25) is 0 Å². The Balaban J connectivity index is 1.92. The first-order valence-electron chi connectivity index (χ1n) is 13.0. The Morgan fingerprint density at radius 3 is 2.55 bits per heavy atom. The lowest BCUT2D eigenvalue weighted by Gasteiger charge is -2.22. The number of carbonyl (C=O) groups excluding carboxylic acids is 1. The minimum atomic E-state index is -0.00341. The molecule has 1 heterocycles. The molecule has 188 valence electrons. The van der Waals surface area contributed by atoms with Gasteiger partial charge in [0.25, 0.3) is 0 Å². The highest BCUT2D eigenvalue weighted by molar-refractivity contribution is 5.75. The summed E-state index contributed by atoms with van der Waals surface area (Å²) in [5.41, 5.74) is 0. The fraction of sp³-hybridized carbons (Fsp3) is 0.679. The Morgan fingerprint density at radius 1 is 1.00 bits per heavy atom. The molecule has 1 saturated heterocycles. The van der Waals surface area contributed by atoms with E-state index >= 15 is 0 Å². The molecule has 0 aromatic rings. The standard InChI is InChI=1S/C28H47NO4/c1-26(19-13-9-7-11-16-24-32-28-21-15-17-25-33-28)18-12-8-5-3-2-4-6-10-14-20-27(31)29-22-23-30/h3-6,12-13,18-19,26,28,30H,2,7-11,14-17,20-25H2,1H3,(H,29,31)/b5-3-,6-4-,18-12-,19-13-. The average molecular weight is 462 g/mol. The van der Waals surface area contributed by atoms with Gasteiger partial charge in [0.2, 0.25) is 5.91 Å². The van der Waals surface area contributed by atoms with E-state index in [9.17, 15) is 4.79 Å². The summed E-state index contributed by atoms with van der Waals surface area (Å²) in [6, 6.07) is 0. The summed E-state index contributed by atoms with van der Waals surface area (Å²) < 4.78 is 11.3. The highest BCUT2D eigenvalue weighted by Crippen LogP contribution is 2.14. The predicted octanol–water partition coefficient (Wildman–Crippen LogP) is 6.01. The Bertz CT molecular complexity index is 576. The third-order valence-electron chi connectivity index (χ3n) is 5.42. The molecule has 2 unspecified atom stereocenters. The van der Waals surface area contributed by atoms with Gasteiger partial charge in [-0.3, -0.25) is 4.79 Å². The minimum Gasteiger partial charge on any atom is -0.395 e. The van der Waals surface area contributed by atoms with Crippen LogP contribution in [0.25, 0.3) is 0 Å². The number of hydrogen-bond donors (Lipinski definition) is 2. The molecule has 1 amide bonds. The van der Waals surface area contributed by atoms with Gasteiger partial charge in [0, 0.05) is 26.2 Å². The molecule has 0 radical (unpaired) electrons. The SMILES string of the molecule is CC(/C=C\C/C=C\C/C=C\CCCC(=O)NCCO)/C=C\CCCCCOC1CCCCO1. The number of carbonyl (C=O) groups is 1. The zero-order valence-electron chi connectivity index (χ0n) is 20.8. The third kappa shape index (κ3) is 19.5. The number of allylic oxidation sites excluding steroid dienone is 8. The highest BCUT2D eigenvalue weighted by Gasteiger charge is 2.13. The van der Waals surface area contributed by atoms with E-state index in [1.54, 1.807) is 0 Å². The van der Waals surface area contributed by atoms with Crippen LogP contribution in [0.5, 0.6) is 0 Å². The van der Waals surface area contributed by atoms with Crippen LogP contribution in [0, 0.1) is 5.92 Å². The zero-order chi connectivity index (χ0) is 23.8. The van der Waals surface area contributed by atoms with Gasteiger partial charge in [0.1, 0.15) is 0 Å². The fourth-order valence-corrected chi connectivity index (χ4v) is 3.49. The Morgan fingerprint density at radius 2 is 1.76 bits per heavy atom. The zero-order valence-corrected chi connectivity index (χ0v) is 20.8. The number of aliphatic hydroxyl groups is 1. The number of nitrogens with one attached hydrogen (secondary N) is 1. The first-order valence-corrected chi connectivity index (χ1v) is 13.0. The number of amides is 1. The van der Waals surface area contributed by atoms with Crippen LogP contribution >= 0.6 is 0 Å². The summed E-state index contributed by atoms with van der Waals surface area (Å²) in [6.07, 6.45) is 30.1. The predicted molar refractivity (Wildman–Crippen MR) is 137 cm³/mol. The molecule has 2 N–H and O–H groups in total. The van der Waals surface area contributed by atoms with Crippen molar-refractivity contribution < 1.29 is 19.4 Å². The van der Waals surface area contributed by atoms with Gasteiger partial charge >= 0.3 is 0 Å². The van der Waals surface area contributed by atoms with Crippen molar-refractivity contribution in [2.45, 2.75) is 90.3 Å². The van der Waals surface area contributed by atoms with Gasteiger partial charge in [-0.05, 0) is 70.1 Å². The van der Waals surface area contributed by atoms with Gasteiger partial charge in [-0.25, -0.2) is 0 Å². The minimum absolute atomic E-state index is 0.00341. The second-order valence-electron chi connectivity index (χ2n) is 8.61. The van der Waals surface area contributed by atoms with Crippen LogP contribution in [0.4, 0.5) is 0 Å². The molecule has 1 fully saturated rings. The Hall–Kier alpha value is -1.69. The van der Waals surface area contributed by atoms with E-state index in [1.807, 2.05) is 0 Å². The van der Waals surface area contributed by atoms with Gasteiger partial charge < -0.3 is 19.9 Å². The lowest BCUT2D eigenvalue weighted by molar-refractivity contribution is -0.162. The van der Waals surface area contributed by atoms with Crippen molar-refractivity contribution in [2.75, 3.05) is 26.4 Å². The van der Waals surface area contributed by atoms with Crippen LogP contribution < -0.4 is 5.32 Å². The molecule has 1 rings (SSSR count). The van der Waals surface area contributed by atoms with Crippen molar-refractivity contribution in [1.82, 2.24) is 5.32 Å². The van der Waals surface area contributed by atoms with E-state index in [0.717, 1.165) is 58.2 Å². The lowest BCUT2D eigenvalue weighted by Crippen LogP contribution is -2.25. The molecule has 5 heteroatoms. The van der Waals surface area contributed by atoms with Crippen molar-refractivity contribution in [3.05, 3.63) is 48.6 Å². The van der Waals surface area contributed by atoms with Crippen LogP contribution in [-0.4, -0.2) is 43.7 Å². The molecule has 1 aliphatic rings. The summed E-state index contributed by atoms with van der Waals surface area (Å²) in [7, 11) is 0. The number of aliphatic hydroxyl groups excluding tert-OH is 1. The number of unbranched alkanes of at least 4 members (excludes halogenated alkanes) is 4. The van der Waals surface area contributed by atoms with Gasteiger partial charge in [0.15, 0.2) is 6.29 Å². The third-order valence-corrected chi connectivity index (χ3v) is 5.42. The van der Waals surface area contributed by atoms with Crippen molar-refractivity contribution >= 4 is 5.91 Å². The maximum atomic E-state index is 11.4. The maximum absolute atomic E-state index is 11.4. The van der Waals surface area contributed by atoms with E-state index in [-0.39, 0.29) is 18.8 Å². The van der Waals surface area contributed by atoms with Gasteiger partial charge in [-0.15, -0.1) is 0 Å². The molecule has 2 atom stereocenters. The van der Waals surface area contributed by atoms with Crippen molar-refractivity contribution in [1.29, 1.82) is 0 Å². The van der Waals surface area contributed by atoms with E-state index in [4.69, 9.17) is 14.6 Å². The molecule has 1 aliphatic heterocycles. The summed E-state index contributed by atoms with van der Waals surface area (Å²) in [5, 5.41) is 11.3. The largest absolute Gasteiger partial charge is 0.395 e. The molecule has 0 aromatic heterocycles. The van der Waals surface area contributed by atoms with E-state index in [0.29, 0.717) is 18.9 Å². The van der Waals surface area contributed by atoms with E-state index < -0.39 is 0 Å². The topological polar surface area (TPSA) is 67.8 Å². The molecule has 0 aliphatic carbocycles. The molecule has 0 spiro atoms. The second kappa shape index (κ2) is 22.1. The van der Waals surface area contributed by atoms with Crippen molar-refractivity contribution in [3.63, 3.8) is 0 Å². The fourth-order valence-electron chi connectivity index (χ4n) is 3.49. The summed E-state index contributed by atoms with van der Waals surface area (Å²) >= 11 is 0.